The lowest BCUT2D eigenvalue weighted by Gasteiger charge is -2.26. The first-order valence-electron chi connectivity index (χ1n) is 8.03. The second kappa shape index (κ2) is 8.79. The van der Waals surface area contributed by atoms with Crippen LogP contribution in [0.2, 0.25) is 0 Å². The minimum Gasteiger partial charge on any atom is -0.458 e. The number of nitrogens with two attached hydrogens (primary N) is 1. The molecule has 136 valence electrons. The van der Waals surface area contributed by atoms with Crippen LogP contribution in [0.3, 0.4) is 0 Å². The van der Waals surface area contributed by atoms with E-state index in [1.807, 2.05) is 0 Å². The number of esters is 1. The molecule has 0 saturated carbocycles. The molecule has 4 N–H and O–H groups in total. The largest absolute Gasteiger partial charge is 0.458 e. The number of rotatable bonds is 8. The number of carbonyl (C=O) groups is 3. The van der Waals surface area contributed by atoms with Crippen molar-refractivity contribution in [3.05, 3.63) is 12.2 Å². The monoisotopic (exact) mass is 341 g/mol. The van der Waals surface area contributed by atoms with Gasteiger partial charge in [0.2, 0.25) is 11.8 Å². The lowest BCUT2D eigenvalue weighted by Crippen LogP contribution is -2.49. The van der Waals surface area contributed by atoms with E-state index in [0.29, 0.717) is 19.4 Å². The van der Waals surface area contributed by atoms with Gasteiger partial charge in [-0.25, -0.2) is 4.79 Å². The SMILES string of the molecule is CC(C)(C)OC(=O)[C@H](CCCCN)NC(=O)CN1C(=O)C=CC1O. The fraction of sp³-hybridized carbons (Fsp3) is 0.688. The molecular weight excluding hydrogens is 314 g/mol. The summed E-state index contributed by atoms with van der Waals surface area (Å²) in [6.07, 6.45) is 3.15. The second-order valence-electron chi connectivity index (χ2n) is 6.68. The third kappa shape index (κ3) is 6.67. The summed E-state index contributed by atoms with van der Waals surface area (Å²) < 4.78 is 5.32. The lowest BCUT2D eigenvalue weighted by atomic mass is 10.1. The van der Waals surface area contributed by atoms with Crippen LogP contribution in [0.25, 0.3) is 0 Å². The number of nitrogens with zero attached hydrogens (tertiary/aromatic N) is 1. The Morgan fingerprint density at radius 1 is 1.42 bits per heavy atom. The van der Waals surface area contributed by atoms with Crippen molar-refractivity contribution in [1.29, 1.82) is 0 Å². The Balaban J connectivity index is 2.63. The van der Waals surface area contributed by atoms with E-state index < -0.39 is 35.7 Å². The summed E-state index contributed by atoms with van der Waals surface area (Å²) in [5, 5.41) is 12.2. The highest BCUT2D eigenvalue weighted by molar-refractivity contribution is 5.94. The van der Waals surface area contributed by atoms with Gasteiger partial charge < -0.3 is 25.8 Å². The maximum Gasteiger partial charge on any atom is 0.329 e. The first-order valence-corrected chi connectivity index (χ1v) is 8.03. The van der Waals surface area contributed by atoms with E-state index in [2.05, 4.69) is 5.32 Å². The Morgan fingerprint density at radius 2 is 2.08 bits per heavy atom. The summed E-state index contributed by atoms with van der Waals surface area (Å²) in [5.74, 6) is -1.51. The van der Waals surface area contributed by atoms with Crippen LogP contribution in [0.15, 0.2) is 12.2 Å². The number of ether oxygens (including phenoxy) is 1. The molecule has 0 radical (unpaired) electrons. The van der Waals surface area contributed by atoms with E-state index in [-0.39, 0.29) is 6.54 Å². The molecular formula is C16H27N3O5. The molecule has 1 heterocycles. The lowest BCUT2D eigenvalue weighted by molar-refractivity contribution is -0.159. The van der Waals surface area contributed by atoms with Gasteiger partial charge in [-0.3, -0.25) is 9.59 Å². The zero-order valence-corrected chi connectivity index (χ0v) is 14.4. The number of nitrogens with one attached hydrogen (secondary N) is 1. The topological polar surface area (TPSA) is 122 Å². The Labute approximate surface area is 142 Å². The van der Waals surface area contributed by atoms with Crippen LogP contribution < -0.4 is 11.1 Å². The van der Waals surface area contributed by atoms with Crippen LogP contribution in [0.5, 0.6) is 0 Å². The van der Waals surface area contributed by atoms with Crippen LogP contribution in [-0.2, 0) is 19.1 Å². The first kappa shape index (κ1) is 20.1. The predicted molar refractivity (Wildman–Crippen MR) is 87.5 cm³/mol. The average molecular weight is 341 g/mol. The Hall–Kier alpha value is -1.93. The minimum absolute atomic E-state index is 0.330. The highest BCUT2D eigenvalue weighted by Gasteiger charge is 2.29. The molecule has 8 heteroatoms. The smallest absolute Gasteiger partial charge is 0.329 e. The van der Waals surface area contributed by atoms with E-state index in [4.69, 9.17) is 10.5 Å². The molecule has 24 heavy (non-hydrogen) atoms. The van der Waals surface area contributed by atoms with Crippen LogP contribution in [0.1, 0.15) is 40.0 Å². The molecule has 8 nitrogen and oxygen atoms in total. The highest BCUT2D eigenvalue weighted by atomic mass is 16.6. The average Bonchev–Trinajstić information content (AvgIpc) is 2.76. The second-order valence-corrected chi connectivity index (χ2v) is 6.68. The Kier molecular flexibility index (Phi) is 7.37. The molecule has 0 aromatic heterocycles. The Morgan fingerprint density at radius 3 is 2.58 bits per heavy atom. The normalized spacial score (nSPS) is 18.6. The molecule has 0 aromatic carbocycles. The van der Waals surface area contributed by atoms with Crippen molar-refractivity contribution >= 4 is 17.8 Å². The number of unbranched alkanes of at least 4 members (excludes halogenated alkanes) is 1. The minimum atomic E-state index is -1.12. The molecule has 0 bridgehead atoms. The van der Waals surface area contributed by atoms with Crippen molar-refractivity contribution in [3.63, 3.8) is 0 Å². The number of aliphatic hydroxyl groups is 1. The van der Waals surface area contributed by atoms with Gasteiger partial charge in [-0.1, -0.05) is 0 Å². The van der Waals surface area contributed by atoms with E-state index >= 15 is 0 Å². The Bertz CT molecular complexity index is 498. The standard InChI is InChI=1S/C16H27N3O5/c1-16(2,3)24-15(23)11(6-4-5-9-17)18-12(20)10-19-13(21)7-8-14(19)22/h7-8,11,13,21H,4-6,9-10,17H2,1-3H3,(H,18,20)/t11-,13?/m0/s1. The molecule has 2 amide bonds. The molecule has 0 fully saturated rings. The fourth-order valence-electron chi connectivity index (χ4n) is 2.18. The van der Waals surface area contributed by atoms with Gasteiger partial charge in [0, 0.05) is 6.08 Å². The van der Waals surface area contributed by atoms with Crippen LogP contribution >= 0.6 is 0 Å². The third-order valence-electron chi connectivity index (χ3n) is 3.30. The summed E-state index contributed by atoms with van der Waals surface area (Å²) in [4.78, 5) is 36.9. The zero-order chi connectivity index (χ0) is 18.3. The van der Waals surface area contributed by atoms with E-state index in [0.717, 1.165) is 11.3 Å². The van der Waals surface area contributed by atoms with Gasteiger partial charge in [0.25, 0.3) is 0 Å². The van der Waals surface area contributed by atoms with Gasteiger partial charge in [0.15, 0.2) is 0 Å². The van der Waals surface area contributed by atoms with Crippen molar-refractivity contribution < 1.29 is 24.2 Å². The summed E-state index contributed by atoms with van der Waals surface area (Å²) in [6.45, 7) is 5.40. The van der Waals surface area contributed by atoms with E-state index in [1.54, 1.807) is 20.8 Å². The summed E-state index contributed by atoms with van der Waals surface area (Å²) in [5.41, 5.74) is 4.78. The van der Waals surface area contributed by atoms with Gasteiger partial charge >= 0.3 is 5.97 Å². The summed E-state index contributed by atoms with van der Waals surface area (Å²) in [6, 6.07) is -0.814. The number of hydrogen-bond donors (Lipinski definition) is 3. The highest BCUT2D eigenvalue weighted by Crippen LogP contribution is 2.12. The van der Waals surface area contributed by atoms with Crippen molar-refractivity contribution in [1.82, 2.24) is 10.2 Å². The van der Waals surface area contributed by atoms with Crippen LogP contribution in [0.4, 0.5) is 0 Å². The quantitative estimate of drug-likeness (QED) is 0.410. The van der Waals surface area contributed by atoms with Crippen molar-refractivity contribution in [2.24, 2.45) is 5.73 Å². The van der Waals surface area contributed by atoms with Crippen molar-refractivity contribution in [3.8, 4) is 0 Å². The predicted octanol–water partition coefficient (Wildman–Crippen LogP) is -0.341. The molecule has 0 saturated heterocycles. The molecule has 1 rings (SSSR count). The van der Waals surface area contributed by atoms with Crippen molar-refractivity contribution in [2.75, 3.05) is 13.1 Å². The molecule has 2 atom stereocenters. The van der Waals surface area contributed by atoms with Gasteiger partial charge in [0.1, 0.15) is 24.4 Å². The molecule has 0 spiro atoms. The third-order valence-corrected chi connectivity index (χ3v) is 3.30. The van der Waals surface area contributed by atoms with Crippen LogP contribution in [-0.4, -0.2) is 58.8 Å². The van der Waals surface area contributed by atoms with E-state index in [9.17, 15) is 19.5 Å². The number of aliphatic hydroxyl groups excluding tert-OH is 1. The fourth-order valence-corrected chi connectivity index (χ4v) is 2.18. The van der Waals surface area contributed by atoms with Gasteiger partial charge in [-0.05, 0) is 52.7 Å². The number of hydrogen-bond acceptors (Lipinski definition) is 6. The maximum absolute atomic E-state index is 12.2. The first-order chi connectivity index (χ1) is 11.1. The molecule has 0 aliphatic carbocycles. The zero-order valence-electron chi connectivity index (χ0n) is 14.4. The summed E-state index contributed by atoms with van der Waals surface area (Å²) >= 11 is 0. The van der Waals surface area contributed by atoms with Gasteiger partial charge in [-0.2, -0.15) is 0 Å². The number of carbonyl (C=O) groups excluding carboxylic acids is 3. The van der Waals surface area contributed by atoms with Gasteiger partial charge in [-0.15, -0.1) is 0 Å². The maximum atomic E-state index is 12.2. The summed E-state index contributed by atoms with van der Waals surface area (Å²) in [7, 11) is 0. The van der Waals surface area contributed by atoms with Gasteiger partial charge in [0.05, 0.1) is 0 Å². The number of amides is 2. The van der Waals surface area contributed by atoms with E-state index in [1.165, 1.54) is 12.2 Å². The van der Waals surface area contributed by atoms with Crippen LogP contribution in [0, 0.1) is 0 Å². The molecule has 0 aromatic rings. The molecule has 1 aliphatic rings. The van der Waals surface area contributed by atoms with Crippen molar-refractivity contribution in [2.45, 2.75) is 57.9 Å². The molecule has 1 unspecified atom stereocenters. The molecule has 1 aliphatic heterocycles.